The summed E-state index contributed by atoms with van der Waals surface area (Å²) in [4.78, 5) is 25.7. The number of carbonyl (C=O) groups is 1. The molecule has 1 aliphatic heterocycles. The van der Waals surface area contributed by atoms with Gasteiger partial charge in [-0.3, -0.25) is 14.9 Å². The SMILES string of the molecule is Cc1ccc(-n2nc3c(c2-n2cccc2)CN(C(=O)c2ccc(C)c([N+](=O)[O-])c2)C3)cc1. The number of hydrogen-bond donors (Lipinski definition) is 0. The number of aryl methyl sites for hydroxylation is 2. The normalized spacial score (nSPS) is 12.8. The standard InChI is InChI=1S/C24H21N5O3/c1-16-5-9-19(10-6-16)28-23(26-11-3-4-12-26)20-14-27(15-21(20)25-28)24(30)18-8-7-17(2)22(13-18)29(31)32/h3-13H,14-15H2,1-2H3. The van der Waals surface area contributed by atoms with Crippen LogP contribution < -0.4 is 0 Å². The molecular formula is C24H21N5O3. The van der Waals surface area contributed by atoms with Crippen molar-refractivity contribution in [3.63, 3.8) is 0 Å². The van der Waals surface area contributed by atoms with Crippen LogP contribution in [0, 0.1) is 24.0 Å². The van der Waals surface area contributed by atoms with Crippen molar-refractivity contribution in [3.8, 4) is 11.5 Å². The molecule has 1 aliphatic rings. The van der Waals surface area contributed by atoms with Gasteiger partial charge in [-0.25, -0.2) is 4.68 Å². The molecule has 0 fully saturated rings. The average molecular weight is 427 g/mol. The van der Waals surface area contributed by atoms with Gasteiger partial charge in [0.15, 0.2) is 0 Å². The van der Waals surface area contributed by atoms with E-state index >= 15 is 0 Å². The quantitative estimate of drug-likeness (QED) is 0.358. The Morgan fingerprint density at radius 2 is 1.75 bits per heavy atom. The lowest BCUT2D eigenvalue weighted by Crippen LogP contribution is -2.26. The summed E-state index contributed by atoms with van der Waals surface area (Å²) in [6.45, 7) is 4.44. The molecule has 0 radical (unpaired) electrons. The van der Waals surface area contributed by atoms with Crippen molar-refractivity contribution >= 4 is 11.6 Å². The summed E-state index contributed by atoms with van der Waals surface area (Å²) in [5.74, 6) is 0.644. The van der Waals surface area contributed by atoms with E-state index in [1.807, 2.05) is 65.0 Å². The van der Waals surface area contributed by atoms with Crippen molar-refractivity contribution in [2.75, 3.05) is 0 Å². The lowest BCUT2D eigenvalue weighted by atomic mass is 10.1. The molecule has 0 aliphatic carbocycles. The lowest BCUT2D eigenvalue weighted by Gasteiger charge is -2.18. The Morgan fingerprint density at radius 3 is 2.44 bits per heavy atom. The van der Waals surface area contributed by atoms with E-state index in [9.17, 15) is 14.9 Å². The van der Waals surface area contributed by atoms with Gasteiger partial charge in [-0.2, -0.15) is 5.10 Å². The number of benzene rings is 2. The molecule has 0 bridgehead atoms. The Morgan fingerprint density at radius 1 is 1.03 bits per heavy atom. The third kappa shape index (κ3) is 3.26. The van der Waals surface area contributed by atoms with Crippen molar-refractivity contribution in [1.82, 2.24) is 19.2 Å². The highest BCUT2D eigenvalue weighted by atomic mass is 16.6. The Labute approximate surface area is 184 Å². The van der Waals surface area contributed by atoms with E-state index in [1.165, 1.54) is 11.6 Å². The van der Waals surface area contributed by atoms with Gasteiger partial charge in [0.1, 0.15) is 5.82 Å². The molecule has 0 unspecified atom stereocenters. The molecule has 0 saturated heterocycles. The Balaban J connectivity index is 1.51. The molecule has 4 aromatic rings. The van der Waals surface area contributed by atoms with Crippen LogP contribution in [0.25, 0.3) is 11.5 Å². The van der Waals surface area contributed by atoms with Crippen molar-refractivity contribution in [2.24, 2.45) is 0 Å². The van der Waals surface area contributed by atoms with Crippen molar-refractivity contribution < 1.29 is 9.72 Å². The molecule has 8 heteroatoms. The van der Waals surface area contributed by atoms with Gasteiger partial charge in [0, 0.05) is 35.2 Å². The maximum atomic E-state index is 13.2. The summed E-state index contributed by atoms with van der Waals surface area (Å²) in [6, 6.07) is 16.6. The number of nitrogens with zero attached hydrogens (tertiary/aromatic N) is 5. The molecule has 0 N–H and O–H groups in total. The zero-order valence-electron chi connectivity index (χ0n) is 17.7. The molecule has 8 nitrogen and oxygen atoms in total. The molecule has 32 heavy (non-hydrogen) atoms. The summed E-state index contributed by atoms with van der Waals surface area (Å²) in [7, 11) is 0. The number of rotatable bonds is 4. The van der Waals surface area contributed by atoms with E-state index in [-0.39, 0.29) is 11.6 Å². The molecule has 0 atom stereocenters. The lowest BCUT2D eigenvalue weighted by molar-refractivity contribution is -0.385. The smallest absolute Gasteiger partial charge is 0.273 e. The third-order valence-corrected chi connectivity index (χ3v) is 5.80. The van der Waals surface area contributed by atoms with Crippen LogP contribution in [0.3, 0.4) is 0 Å². The number of fused-ring (bicyclic) bond motifs is 1. The summed E-state index contributed by atoms with van der Waals surface area (Å²) >= 11 is 0. The fourth-order valence-corrected chi connectivity index (χ4v) is 4.07. The minimum Gasteiger partial charge on any atom is -0.328 e. The van der Waals surface area contributed by atoms with E-state index in [2.05, 4.69) is 0 Å². The van der Waals surface area contributed by atoms with Crippen LogP contribution in [-0.2, 0) is 13.1 Å². The van der Waals surface area contributed by atoms with Gasteiger partial charge in [-0.15, -0.1) is 0 Å². The number of amides is 1. The number of aromatic nitrogens is 3. The van der Waals surface area contributed by atoms with Gasteiger partial charge in [-0.1, -0.05) is 23.8 Å². The summed E-state index contributed by atoms with van der Waals surface area (Å²) in [5, 5.41) is 16.1. The van der Waals surface area contributed by atoms with Gasteiger partial charge < -0.3 is 9.47 Å². The molecule has 2 aromatic heterocycles. The van der Waals surface area contributed by atoms with E-state index in [0.29, 0.717) is 24.2 Å². The summed E-state index contributed by atoms with van der Waals surface area (Å²) < 4.78 is 3.90. The van der Waals surface area contributed by atoms with Gasteiger partial charge >= 0.3 is 0 Å². The molecule has 160 valence electrons. The molecule has 0 spiro atoms. The van der Waals surface area contributed by atoms with Crippen LogP contribution >= 0.6 is 0 Å². The fraction of sp³-hybridized carbons (Fsp3) is 0.167. The van der Waals surface area contributed by atoms with Crippen LogP contribution in [0.2, 0.25) is 0 Å². The first-order valence-corrected chi connectivity index (χ1v) is 10.3. The molecular weight excluding hydrogens is 406 g/mol. The average Bonchev–Trinajstić information content (AvgIpc) is 3.50. The predicted octanol–water partition coefficient (Wildman–Crippen LogP) is 4.34. The minimum absolute atomic E-state index is 0.0506. The first-order chi connectivity index (χ1) is 15.4. The maximum absolute atomic E-state index is 13.2. The highest BCUT2D eigenvalue weighted by Crippen LogP contribution is 2.32. The van der Waals surface area contributed by atoms with Gasteiger partial charge in [-0.05, 0) is 44.2 Å². The second kappa shape index (κ2) is 7.49. The first-order valence-electron chi connectivity index (χ1n) is 10.3. The van der Waals surface area contributed by atoms with E-state index in [0.717, 1.165) is 22.8 Å². The summed E-state index contributed by atoms with van der Waals surface area (Å²) in [5.41, 5.74) is 4.69. The van der Waals surface area contributed by atoms with Crippen LogP contribution in [0.15, 0.2) is 67.0 Å². The zero-order valence-corrected chi connectivity index (χ0v) is 17.7. The largest absolute Gasteiger partial charge is 0.328 e. The van der Waals surface area contributed by atoms with E-state index in [1.54, 1.807) is 24.0 Å². The monoisotopic (exact) mass is 427 g/mol. The molecule has 3 heterocycles. The van der Waals surface area contributed by atoms with Crippen molar-refractivity contribution in [3.05, 3.63) is 105 Å². The minimum atomic E-state index is -0.457. The van der Waals surface area contributed by atoms with Crippen LogP contribution in [0.4, 0.5) is 5.69 Å². The van der Waals surface area contributed by atoms with Crippen LogP contribution in [0.5, 0.6) is 0 Å². The highest BCUT2D eigenvalue weighted by Gasteiger charge is 2.32. The number of hydrogen-bond acceptors (Lipinski definition) is 4. The van der Waals surface area contributed by atoms with E-state index in [4.69, 9.17) is 5.10 Å². The highest BCUT2D eigenvalue weighted by molar-refractivity contribution is 5.95. The molecule has 2 aromatic carbocycles. The van der Waals surface area contributed by atoms with E-state index < -0.39 is 4.92 Å². The molecule has 0 saturated carbocycles. The fourth-order valence-electron chi connectivity index (χ4n) is 4.07. The van der Waals surface area contributed by atoms with Gasteiger partial charge in [0.25, 0.3) is 11.6 Å². The van der Waals surface area contributed by atoms with Crippen LogP contribution in [-0.4, -0.2) is 30.1 Å². The Bertz CT molecular complexity index is 1340. The van der Waals surface area contributed by atoms with Crippen molar-refractivity contribution in [1.29, 1.82) is 0 Å². The third-order valence-electron chi connectivity index (χ3n) is 5.80. The number of nitro groups is 1. The maximum Gasteiger partial charge on any atom is 0.273 e. The topological polar surface area (TPSA) is 86.2 Å². The second-order valence-corrected chi connectivity index (χ2v) is 8.01. The van der Waals surface area contributed by atoms with Crippen molar-refractivity contribution in [2.45, 2.75) is 26.9 Å². The molecule has 1 amide bonds. The first kappa shape index (κ1) is 19.7. The Kier molecular flexibility index (Phi) is 4.62. The van der Waals surface area contributed by atoms with Crippen LogP contribution in [0.1, 0.15) is 32.7 Å². The molecule has 5 rings (SSSR count). The number of carbonyl (C=O) groups excluding carboxylic acids is 1. The zero-order chi connectivity index (χ0) is 22.4. The Hall–Kier alpha value is -4.20. The van der Waals surface area contributed by atoms with Gasteiger partial charge in [0.05, 0.1) is 29.4 Å². The summed E-state index contributed by atoms with van der Waals surface area (Å²) in [6.07, 6.45) is 3.91. The second-order valence-electron chi connectivity index (χ2n) is 8.01. The number of nitro benzene ring substituents is 1. The predicted molar refractivity (Wildman–Crippen MR) is 119 cm³/mol. The van der Waals surface area contributed by atoms with Gasteiger partial charge in [0.2, 0.25) is 0 Å².